The summed E-state index contributed by atoms with van der Waals surface area (Å²) in [7, 11) is 1.92. The third kappa shape index (κ3) is 4.61. The summed E-state index contributed by atoms with van der Waals surface area (Å²) >= 11 is 0. The first-order valence-electron chi connectivity index (χ1n) is 14.3. The van der Waals surface area contributed by atoms with Gasteiger partial charge in [-0.1, -0.05) is 55.5 Å². The Morgan fingerprint density at radius 2 is 1.68 bits per heavy atom. The first-order chi connectivity index (χ1) is 19.1. The molecule has 0 spiro atoms. The Morgan fingerprint density at radius 1 is 0.975 bits per heavy atom. The Balaban J connectivity index is 1.67. The summed E-state index contributed by atoms with van der Waals surface area (Å²) in [4.78, 5) is 5.04. The van der Waals surface area contributed by atoms with Crippen molar-refractivity contribution in [1.29, 1.82) is 0 Å². The minimum Gasteiger partial charge on any atom is -0.386 e. The zero-order valence-electron chi connectivity index (χ0n) is 24.3. The number of hydrogen-bond acceptors (Lipinski definition) is 5. The molecule has 4 heterocycles. The van der Waals surface area contributed by atoms with Crippen molar-refractivity contribution in [3.8, 4) is 11.3 Å². The molecule has 0 unspecified atom stereocenters. The number of aliphatic hydroxyl groups is 1. The van der Waals surface area contributed by atoms with Crippen LogP contribution in [0, 0.1) is 12.8 Å². The molecular weight excluding hydrogens is 498 g/mol. The highest BCUT2D eigenvalue weighted by Gasteiger charge is 2.31. The Bertz CT molecular complexity index is 1650. The first-order valence-corrected chi connectivity index (χ1v) is 14.3. The van der Waals surface area contributed by atoms with E-state index in [4.69, 9.17) is 9.72 Å². The van der Waals surface area contributed by atoms with Crippen molar-refractivity contribution in [1.82, 2.24) is 24.5 Å². The first kappa shape index (κ1) is 26.7. The topological polar surface area (TPSA) is 78.0 Å². The molecular formula is C33H39N5O2. The molecule has 1 atom stereocenters. The second-order valence-electron chi connectivity index (χ2n) is 12.1. The van der Waals surface area contributed by atoms with Gasteiger partial charge in [-0.25, -0.2) is 4.68 Å². The number of rotatable bonds is 6. The zero-order chi connectivity index (χ0) is 28.2. The normalized spacial score (nSPS) is 15.9. The molecule has 7 nitrogen and oxygen atoms in total. The van der Waals surface area contributed by atoms with Gasteiger partial charge in [-0.2, -0.15) is 0 Å². The van der Waals surface area contributed by atoms with Crippen LogP contribution < -0.4 is 0 Å². The number of nitrogens with zero attached hydrogens (tertiary/aromatic N) is 5. The van der Waals surface area contributed by atoms with Crippen LogP contribution in [0.2, 0.25) is 0 Å². The third-order valence-electron chi connectivity index (χ3n) is 8.55. The zero-order valence-corrected chi connectivity index (χ0v) is 24.3. The SMILES string of the molecule is Cc1nnn(C)c1-c1cnc2c3ccc(C(C)(C)O)cc3n([C@H](c3ccc(C(C)C)cc3)C3CCOCC3)c2c1. The number of pyridine rings is 1. The number of benzene rings is 2. The van der Waals surface area contributed by atoms with Crippen LogP contribution in [0.4, 0.5) is 0 Å². The fraction of sp³-hybridized carbons (Fsp3) is 0.424. The largest absolute Gasteiger partial charge is 0.386 e. The minimum atomic E-state index is -0.960. The van der Waals surface area contributed by atoms with Crippen molar-refractivity contribution in [2.75, 3.05) is 13.2 Å². The van der Waals surface area contributed by atoms with E-state index in [1.54, 1.807) is 0 Å². The van der Waals surface area contributed by atoms with Crippen LogP contribution in [-0.2, 0) is 17.4 Å². The van der Waals surface area contributed by atoms with Crippen LogP contribution in [0.1, 0.15) is 74.9 Å². The summed E-state index contributed by atoms with van der Waals surface area (Å²) < 4.78 is 10.1. The molecule has 1 N–H and O–H groups in total. The molecule has 0 aliphatic carbocycles. The maximum atomic E-state index is 11.0. The van der Waals surface area contributed by atoms with Crippen LogP contribution in [0.3, 0.4) is 0 Å². The van der Waals surface area contributed by atoms with Crippen LogP contribution in [0.15, 0.2) is 54.7 Å². The lowest BCUT2D eigenvalue weighted by molar-refractivity contribution is 0.0552. The molecule has 0 amide bonds. The van der Waals surface area contributed by atoms with E-state index in [1.807, 2.05) is 44.8 Å². The average molecular weight is 538 g/mol. The molecule has 0 radical (unpaired) electrons. The molecule has 0 bridgehead atoms. The van der Waals surface area contributed by atoms with Gasteiger partial charge in [0.2, 0.25) is 0 Å². The van der Waals surface area contributed by atoms with Crippen molar-refractivity contribution in [2.24, 2.45) is 13.0 Å². The van der Waals surface area contributed by atoms with Gasteiger partial charge in [0.15, 0.2) is 0 Å². The molecule has 1 aliphatic rings. The second kappa shape index (κ2) is 10.1. The molecule has 6 rings (SSSR count). The molecule has 1 aliphatic heterocycles. The van der Waals surface area contributed by atoms with E-state index in [0.717, 1.165) is 70.5 Å². The van der Waals surface area contributed by atoms with E-state index in [0.29, 0.717) is 11.8 Å². The molecule has 1 fully saturated rings. The van der Waals surface area contributed by atoms with E-state index in [-0.39, 0.29) is 6.04 Å². The molecule has 40 heavy (non-hydrogen) atoms. The van der Waals surface area contributed by atoms with Crippen molar-refractivity contribution in [2.45, 2.75) is 65.0 Å². The van der Waals surface area contributed by atoms with E-state index in [1.165, 1.54) is 11.1 Å². The molecule has 5 aromatic rings. The Hall–Kier alpha value is -3.55. The smallest absolute Gasteiger partial charge is 0.0960 e. The highest BCUT2D eigenvalue weighted by atomic mass is 16.5. The van der Waals surface area contributed by atoms with Gasteiger partial charge in [0.1, 0.15) is 0 Å². The summed E-state index contributed by atoms with van der Waals surface area (Å²) in [5.74, 6) is 0.868. The fourth-order valence-corrected chi connectivity index (χ4v) is 6.31. The van der Waals surface area contributed by atoms with Gasteiger partial charge in [-0.05, 0) is 74.3 Å². The summed E-state index contributed by atoms with van der Waals surface area (Å²) in [5, 5.41) is 20.6. The average Bonchev–Trinajstić information content (AvgIpc) is 3.44. The maximum Gasteiger partial charge on any atom is 0.0960 e. The highest BCUT2D eigenvalue weighted by Crippen LogP contribution is 2.42. The predicted octanol–water partition coefficient (Wildman–Crippen LogP) is 6.66. The number of hydrogen-bond donors (Lipinski definition) is 1. The Labute approximate surface area is 235 Å². The van der Waals surface area contributed by atoms with Gasteiger partial charge in [0.25, 0.3) is 0 Å². The number of fused-ring (bicyclic) bond motifs is 3. The third-order valence-corrected chi connectivity index (χ3v) is 8.55. The van der Waals surface area contributed by atoms with Crippen molar-refractivity contribution in [3.63, 3.8) is 0 Å². The fourth-order valence-electron chi connectivity index (χ4n) is 6.31. The lowest BCUT2D eigenvalue weighted by atomic mass is 9.85. The van der Waals surface area contributed by atoms with E-state index >= 15 is 0 Å². The molecule has 1 saturated heterocycles. The lowest BCUT2D eigenvalue weighted by Crippen LogP contribution is -2.27. The van der Waals surface area contributed by atoms with Crippen LogP contribution in [0.5, 0.6) is 0 Å². The number of aromatic nitrogens is 5. The van der Waals surface area contributed by atoms with Crippen LogP contribution in [-0.4, -0.2) is 42.9 Å². The van der Waals surface area contributed by atoms with Crippen LogP contribution >= 0.6 is 0 Å². The monoisotopic (exact) mass is 537 g/mol. The predicted molar refractivity (Wildman–Crippen MR) is 159 cm³/mol. The molecule has 2 aromatic carbocycles. The van der Waals surface area contributed by atoms with Crippen molar-refractivity contribution in [3.05, 3.63) is 77.1 Å². The number of aryl methyl sites for hydroxylation is 2. The molecule has 208 valence electrons. The second-order valence-corrected chi connectivity index (χ2v) is 12.1. The van der Waals surface area contributed by atoms with E-state index in [2.05, 4.69) is 71.2 Å². The van der Waals surface area contributed by atoms with E-state index < -0.39 is 5.60 Å². The molecule has 3 aromatic heterocycles. The number of ether oxygens (including phenoxy) is 1. The summed E-state index contributed by atoms with van der Waals surface area (Å²) in [6.45, 7) is 11.7. The van der Waals surface area contributed by atoms with Crippen molar-refractivity contribution < 1.29 is 9.84 Å². The van der Waals surface area contributed by atoms with E-state index in [9.17, 15) is 5.11 Å². The Kier molecular flexibility index (Phi) is 6.75. The van der Waals surface area contributed by atoms with Gasteiger partial charge in [0.05, 0.1) is 39.6 Å². The Morgan fingerprint density at radius 3 is 2.30 bits per heavy atom. The lowest BCUT2D eigenvalue weighted by Gasteiger charge is -2.33. The standard InChI is InChI=1S/C33H39N5O2/c1-20(2)22-7-9-23(10-8-22)32(24-13-15-40-16-14-24)38-28-18-26(33(4,5)39)11-12-27(28)30-29(38)17-25(19-34-30)31-21(3)35-36-37(31)6/h7-12,17-20,24,32,39H,13-16H2,1-6H3/t32-/m1/s1. The minimum absolute atomic E-state index is 0.0879. The molecule has 0 saturated carbocycles. The van der Waals surface area contributed by atoms with Gasteiger partial charge in [-0.3, -0.25) is 4.98 Å². The van der Waals surface area contributed by atoms with Crippen molar-refractivity contribution >= 4 is 21.9 Å². The van der Waals surface area contributed by atoms with Gasteiger partial charge >= 0.3 is 0 Å². The highest BCUT2D eigenvalue weighted by molar-refractivity contribution is 6.07. The van der Waals surface area contributed by atoms with Gasteiger partial charge in [-0.15, -0.1) is 5.10 Å². The van der Waals surface area contributed by atoms with Crippen LogP contribution in [0.25, 0.3) is 33.2 Å². The van der Waals surface area contributed by atoms with Gasteiger partial charge in [0, 0.05) is 37.4 Å². The summed E-state index contributed by atoms with van der Waals surface area (Å²) in [5.41, 5.74) is 8.50. The summed E-state index contributed by atoms with van der Waals surface area (Å²) in [6.07, 6.45) is 3.91. The quantitative estimate of drug-likeness (QED) is 0.262. The molecule has 7 heteroatoms. The summed E-state index contributed by atoms with van der Waals surface area (Å²) in [6, 6.07) is 17.8. The maximum absolute atomic E-state index is 11.0. The van der Waals surface area contributed by atoms with Gasteiger partial charge < -0.3 is 14.4 Å².